The number of halogens is 1. The van der Waals surface area contributed by atoms with Crippen LogP contribution in [0, 0.1) is 19.8 Å². The van der Waals surface area contributed by atoms with Crippen LogP contribution in [0.1, 0.15) is 49.1 Å². The molecular formula is C26H34ClN5. The van der Waals surface area contributed by atoms with Crippen LogP contribution in [-0.2, 0) is 6.54 Å². The van der Waals surface area contributed by atoms with Gasteiger partial charge in [-0.15, -0.1) is 0 Å². The van der Waals surface area contributed by atoms with E-state index < -0.39 is 0 Å². The Balaban J connectivity index is 1.27. The predicted octanol–water partition coefficient (Wildman–Crippen LogP) is 5.54. The van der Waals surface area contributed by atoms with Gasteiger partial charge in [0.15, 0.2) is 0 Å². The third-order valence-corrected chi connectivity index (χ3v) is 7.66. The molecule has 5 nitrogen and oxygen atoms in total. The Kier molecular flexibility index (Phi) is 6.40. The molecule has 0 aliphatic carbocycles. The van der Waals surface area contributed by atoms with Crippen molar-refractivity contribution in [2.45, 2.75) is 58.5 Å². The zero-order valence-corrected chi connectivity index (χ0v) is 20.0. The number of benzene rings is 1. The summed E-state index contributed by atoms with van der Waals surface area (Å²) < 4.78 is 2.18. The molecule has 0 spiro atoms. The van der Waals surface area contributed by atoms with Crippen LogP contribution in [0.3, 0.4) is 0 Å². The van der Waals surface area contributed by atoms with Gasteiger partial charge in [-0.3, -0.25) is 15.1 Å². The van der Waals surface area contributed by atoms with Crippen molar-refractivity contribution in [1.29, 1.82) is 0 Å². The number of nitrogens with one attached hydrogen (secondary N) is 2. The van der Waals surface area contributed by atoms with Crippen LogP contribution in [0.25, 0.3) is 10.9 Å². The van der Waals surface area contributed by atoms with E-state index in [0.717, 1.165) is 41.6 Å². The quantitative estimate of drug-likeness (QED) is 0.516. The Bertz CT molecular complexity index is 1090. The molecule has 170 valence electrons. The molecule has 6 heteroatoms. The van der Waals surface area contributed by atoms with Crippen LogP contribution >= 0.6 is 11.6 Å². The molecule has 2 atom stereocenters. The van der Waals surface area contributed by atoms with Gasteiger partial charge in [-0.25, -0.2) is 0 Å². The van der Waals surface area contributed by atoms with Crippen LogP contribution < -0.4 is 10.7 Å². The molecule has 0 saturated carbocycles. The predicted molar refractivity (Wildman–Crippen MR) is 133 cm³/mol. The van der Waals surface area contributed by atoms with Crippen molar-refractivity contribution in [1.82, 2.24) is 19.9 Å². The molecule has 2 N–H and O–H groups in total. The Labute approximate surface area is 196 Å². The first-order valence-corrected chi connectivity index (χ1v) is 12.4. The Hall–Kier alpha value is -2.08. The van der Waals surface area contributed by atoms with Crippen LogP contribution in [0.15, 0.2) is 36.5 Å². The van der Waals surface area contributed by atoms with Gasteiger partial charge in [-0.05, 0) is 101 Å². The van der Waals surface area contributed by atoms with E-state index in [2.05, 4.69) is 45.2 Å². The molecule has 0 radical (unpaired) electrons. The highest BCUT2D eigenvalue weighted by atomic mass is 35.5. The van der Waals surface area contributed by atoms with Crippen molar-refractivity contribution in [3.8, 4) is 0 Å². The summed E-state index contributed by atoms with van der Waals surface area (Å²) in [4.78, 5) is 7.21. The molecule has 2 aliphatic heterocycles. The number of pyridine rings is 1. The molecule has 5 rings (SSSR count). The lowest BCUT2D eigenvalue weighted by atomic mass is 9.83. The van der Waals surface area contributed by atoms with Crippen LogP contribution in [-0.4, -0.2) is 40.2 Å². The van der Waals surface area contributed by atoms with Gasteiger partial charge in [0.2, 0.25) is 0 Å². The standard InChI is InChI=1S/C26H34ClN5/c1-18-14-21(17-28-16-20-6-5-13-31-12-4-3-7-26(20)31)19(2)32(18)30-24-10-11-29-25-15-22(27)8-9-23(24)25/h8-11,14-15,20,26,28H,3-7,12-13,16-17H2,1-2H3,(H,29,30). The zero-order valence-electron chi connectivity index (χ0n) is 19.2. The average molecular weight is 452 g/mol. The number of aromatic nitrogens is 2. The minimum absolute atomic E-state index is 0.707. The number of nitrogens with zero attached hydrogens (tertiary/aromatic N) is 3. The van der Waals surface area contributed by atoms with Crippen molar-refractivity contribution in [3.05, 3.63) is 58.5 Å². The van der Waals surface area contributed by atoms with E-state index in [-0.39, 0.29) is 0 Å². The molecule has 2 aliphatic rings. The minimum Gasteiger partial charge on any atom is -0.312 e. The van der Waals surface area contributed by atoms with Crippen molar-refractivity contribution in [2.75, 3.05) is 25.1 Å². The lowest BCUT2D eigenvalue weighted by molar-refractivity contribution is 0.0593. The molecule has 4 heterocycles. The molecule has 1 aromatic carbocycles. The average Bonchev–Trinajstić information content (AvgIpc) is 3.07. The van der Waals surface area contributed by atoms with Gasteiger partial charge in [0.05, 0.1) is 11.2 Å². The summed E-state index contributed by atoms with van der Waals surface area (Å²) in [5.41, 5.74) is 9.34. The van der Waals surface area contributed by atoms with Gasteiger partial charge < -0.3 is 10.2 Å². The minimum atomic E-state index is 0.707. The number of anilines is 1. The van der Waals surface area contributed by atoms with E-state index >= 15 is 0 Å². The number of hydrogen-bond acceptors (Lipinski definition) is 4. The highest BCUT2D eigenvalue weighted by Gasteiger charge is 2.32. The SMILES string of the molecule is Cc1cc(CNCC2CCCN3CCCCC23)c(C)n1Nc1ccnc2cc(Cl)ccc12. The second-order valence-corrected chi connectivity index (χ2v) is 9.93. The number of aryl methyl sites for hydroxylation is 1. The Morgan fingerprint density at radius 3 is 2.84 bits per heavy atom. The zero-order chi connectivity index (χ0) is 22.1. The maximum absolute atomic E-state index is 6.15. The largest absolute Gasteiger partial charge is 0.312 e. The molecular weight excluding hydrogens is 418 g/mol. The Morgan fingerprint density at radius 2 is 1.94 bits per heavy atom. The van der Waals surface area contributed by atoms with E-state index in [9.17, 15) is 0 Å². The second kappa shape index (κ2) is 9.42. The van der Waals surface area contributed by atoms with Crippen LogP contribution in [0.4, 0.5) is 5.69 Å². The lowest BCUT2D eigenvalue weighted by Gasteiger charge is -2.44. The molecule has 2 fully saturated rings. The first kappa shape index (κ1) is 21.7. The highest BCUT2D eigenvalue weighted by molar-refractivity contribution is 6.31. The van der Waals surface area contributed by atoms with Crippen molar-refractivity contribution in [3.63, 3.8) is 0 Å². The summed E-state index contributed by atoms with van der Waals surface area (Å²) >= 11 is 6.15. The van der Waals surface area contributed by atoms with Crippen molar-refractivity contribution < 1.29 is 0 Å². The highest BCUT2D eigenvalue weighted by Crippen LogP contribution is 2.31. The van der Waals surface area contributed by atoms with Crippen LogP contribution in [0.5, 0.6) is 0 Å². The summed E-state index contributed by atoms with van der Waals surface area (Å²) in [7, 11) is 0. The molecule has 32 heavy (non-hydrogen) atoms. The van der Waals surface area contributed by atoms with Crippen molar-refractivity contribution in [2.24, 2.45) is 5.92 Å². The van der Waals surface area contributed by atoms with E-state index in [0.29, 0.717) is 5.02 Å². The first-order valence-electron chi connectivity index (χ1n) is 12.0. The van der Waals surface area contributed by atoms with Gasteiger partial charge in [0.1, 0.15) is 0 Å². The lowest BCUT2D eigenvalue weighted by Crippen LogP contribution is -2.50. The molecule has 2 unspecified atom stereocenters. The number of rotatable bonds is 6. The van der Waals surface area contributed by atoms with Gasteiger partial charge in [-0.1, -0.05) is 18.0 Å². The smallest absolute Gasteiger partial charge is 0.0738 e. The number of piperidine rings is 2. The van der Waals surface area contributed by atoms with E-state index in [1.165, 1.54) is 62.1 Å². The van der Waals surface area contributed by atoms with Gasteiger partial charge in [0, 0.05) is 40.6 Å². The van der Waals surface area contributed by atoms with E-state index in [4.69, 9.17) is 11.6 Å². The van der Waals surface area contributed by atoms with Gasteiger partial charge in [0.25, 0.3) is 0 Å². The number of hydrogen-bond donors (Lipinski definition) is 2. The number of fused-ring (bicyclic) bond motifs is 2. The summed E-state index contributed by atoms with van der Waals surface area (Å²) in [5.74, 6) is 0.792. The third kappa shape index (κ3) is 4.39. The summed E-state index contributed by atoms with van der Waals surface area (Å²) in [6, 6.07) is 11.0. The van der Waals surface area contributed by atoms with E-state index in [1.54, 1.807) is 0 Å². The summed E-state index contributed by atoms with van der Waals surface area (Å²) in [5, 5.41) is 5.57. The second-order valence-electron chi connectivity index (χ2n) is 9.50. The summed E-state index contributed by atoms with van der Waals surface area (Å²) in [6.07, 6.45) is 8.72. The fraction of sp³-hybridized carbons (Fsp3) is 0.500. The molecule has 0 amide bonds. The normalized spacial score (nSPS) is 21.6. The topological polar surface area (TPSA) is 45.1 Å². The first-order chi connectivity index (χ1) is 15.6. The van der Waals surface area contributed by atoms with Crippen LogP contribution in [0.2, 0.25) is 5.02 Å². The molecule has 2 saturated heterocycles. The van der Waals surface area contributed by atoms with Gasteiger partial charge in [-0.2, -0.15) is 0 Å². The monoisotopic (exact) mass is 451 g/mol. The summed E-state index contributed by atoms with van der Waals surface area (Å²) in [6.45, 7) is 9.00. The molecule has 3 aromatic rings. The molecule has 0 bridgehead atoms. The van der Waals surface area contributed by atoms with Gasteiger partial charge >= 0.3 is 0 Å². The van der Waals surface area contributed by atoms with Crippen molar-refractivity contribution >= 4 is 28.2 Å². The fourth-order valence-corrected chi connectivity index (χ4v) is 5.89. The molecule has 2 aromatic heterocycles. The maximum atomic E-state index is 6.15. The van der Waals surface area contributed by atoms with E-state index in [1.807, 2.05) is 30.5 Å². The third-order valence-electron chi connectivity index (χ3n) is 7.42. The fourth-order valence-electron chi connectivity index (χ4n) is 5.73. The Morgan fingerprint density at radius 1 is 1.06 bits per heavy atom. The maximum Gasteiger partial charge on any atom is 0.0738 e.